The summed E-state index contributed by atoms with van der Waals surface area (Å²) in [6, 6.07) is 33.2. The summed E-state index contributed by atoms with van der Waals surface area (Å²) >= 11 is 0. The number of allylic oxidation sites excluding steroid dienone is 1. The average Bonchev–Trinajstić information content (AvgIpc) is 3.57. The highest BCUT2D eigenvalue weighted by Crippen LogP contribution is 2.26. The number of aromatic nitrogens is 4. The van der Waals surface area contributed by atoms with Gasteiger partial charge in [0.25, 0.3) is 0 Å². The first kappa shape index (κ1) is 30.6. The zero-order chi connectivity index (χ0) is 30.9. The Morgan fingerprint density at radius 1 is 0.864 bits per heavy atom. The van der Waals surface area contributed by atoms with Gasteiger partial charge in [0.1, 0.15) is 12.4 Å². The van der Waals surface area contributed by atoms with Crippen molar-refractivity contribution < 1.29 is 9.53 Å². The zero-order valence-corrected chi connectivity index (χ0v) is 26.0. The summed E-state index contributed by atoms with van der Waals surface area (Å²) in [5.74, 6) is 1.83. The van der Waals surface area contributed by atoms with Crippen molar-refractivity contribution in [2.45, 2.75) is 59.0 Å². The van der Waals surface area contributed by atoms with Gasteiger partial charge in [0.15, 0.2) is 5.78 Å². The topological polar surface area (TPSA) is 80.8 Å². The second-order valence-electron chi connectivity index (χ2n) is 12.3. The lowest BCUT2D eigenvalue weighted by Gasteiger charge is -2.19. The molecule has 6 nitrogen and oxygen atoms in total. The van der Waals surface area contributed by atoms with Crippen LogP contribution in [-0.4, -0.2) is 26.4 Å². The minimum absolute atomic E-state index is 0.0874. The van der Waals surface area contributed by atoms with Crippen molar-refractivity contribution in [1.29, 1.82) is 0 Å². The lowest BCUT2D eigenvalue weighted by atomic mass is 9.87. The molecule has 1 N–H and O–H groups in total. The molecule has 0 saturated heterocycles. The summed E-state index contributed by atoms with van der Waals surface area (Å²) in [5, 5.41) is 14.3. The van der Waals surface area contributed by atoms with Gasteiger partial charge in [-0.3, -0.25) is 4.79 Å². The number of tetrazole rings is 1. The van der Waals surface area contributed by atoms with Crippen molar-refractivity contribution in [2.24, 2.45) is 5.92 Å². The van der Waals surface area contributed by atoms with E-state index in [2.05, 4.69) is 108 Å². The summed E-state index contributed by atoms with van der Waals surface area (Å²) in [4.78, 5) is 11.7. The molecule has 1 heterocycles. The molecule has 0 spiro atoms. The maximum absolute atomic E-state index is 11.7. The molecule has 0 radical (unpaired) electrons. The SMILES string of the molecule is CC(=O)c1ccc(CCC(/C=C/c2ccccc2OCc2ccc(C(C)(C)C)cc2)Cc2ccc(-c3nn[nH]n3)cc2)cc1. The number of hydrogen-bond donors (Lipinski definition) is 1. The van der Waals surface area contributed by atoms with Gasteiger partial charge in [-0.2, -0.15) is 5.21 Å². The molecule has 6 heteroatoms. The molecule has 0 fully saturated rings. The normalized spacial score (nSPS) is 12.4. The van der Waals surface area contributed by atoms with Crippen molar-refractivity contribution in [3.63, 3.8) is 0 Å². The standard InChI is InChI=1S/C38H40N4O2/c1-27(43)32-18-11-28(12-19-32)9-10-29(25-30-14-21-34(22-15-30)37-39-41-42-40-37)13-20-33-7-5-6-8-36(33)44-26-31-16-23-35(24-17-31)38(2,3)4/h5-8,11-24,29H,9-10,25-26H2,1-4H3,(H,39,40,41,42)/b20-13+. The molecular weight excluding hydrogens is 544 g/mol. The summed E-state index contributed by atoms with van der Waals surface area (Å²) in [5.41, 5.74) is 7.78. The Morgan fingerprint density at radius 3 is 2.20 bits per heavy atom. The van der Waals surface area contributed by atoms with Gasteiger partial charge >= 0.3 is 0 Å². The number of aromatic amines is 1. The minimum Gasteiger partial charge on any atom is -0.488 e. The van der Waals surface area contributed by atoms with Crippen molar-refractivity contribution in [3.05, 3.63) is 137 Å². The number of Topliss-reactive ketones (excluding diaryl/α,β-unsaturated/α-hetero) is 1. The van der Waals surface area contributed by atoms with Gasteiger partial charge in [-0.05, 0) is 71.1 Å². The molecule has 1 atom stereocenters. The van der Waals surface area contributed by atoms with Gasteiger partial charge in [-0.25, -0.2) is 0 Å². The number of nitrogens with one attached hydrogen (secondary N) is 1. The van der Waals surface area contributed by atoms with E-state index < -0.39 is 0 Å². The predicted molar refractivity (Wildman–Crippen MR) is 177 cm³/mol. The molecule has 44 heavy (non-hydrogen) atoms. The molecule has 0 bridgehead atoms. The highest BCUT2D eigenvalue weighted by atomic mass is 16.5. The Bertz CT molecular complexity index is 1670. The van der Waals surface area contributed by atoms with Gasteiger partial charge in [-0.15, -0.1) is 10.2 Å². The molecule has 0 amide bonds. The summed E-state index contributed by atoms with van der Waals surface area (Å²) in [6.45, 7) is 8.79. The van der Waals surface area contributed by atoms with Gasteiger partial charge in [0.2, 0.25) is 5.82 Å². The van der Waals surface area contributed by atoms with Crippen LogP contribution in [-0.2, 0) is 24.9 Å². The smallest absolute Gasteiger partial charge is 0.204 e. The lowest BCUT2D eigenvalue weighted by molar-refractivity contribution is 0.101. The monoisotopic (exact) mass is 584 g/mol. The van der Waals surface area contributed by atoms with Gasteiger partial charge in [0, 0.05) is 16.7 Å². The van der Waals surface area contributed by atoms with Gasteiger partial charge in [0.05, 0.1) is 0 Å². The molecule has 0 aliphatic heterocycles. The highest BCUT2D eigenvalue weighted by molar-refractivity contribution is 5.94. The molecule has 0 aliphatic carbocycles. The summed E-state index contributed by atoms with van der Waals surface area (Å²) in [6.07, 6.45) is 7.26. The van der Waals surface area contributed by atoms with E-state index >= 15 is 0 Å². The Labute approximate surface area is 260 Å². The fourth-order valence-electron chi connectivity index (χ4n) is 5.15. The number of aryl methyl sites for hydroxylation is 1. The van der Waals surface area contributed by atoms with E-state index in [9.17, 15) is 4.79 Å². The fourth-order valence-corrected chi connectivity index (χ4v) is 5.15. The number of para-hydroxylation sites is 1. The van der Waals surface area contributed by atoms with Gasteiger partial charge < -0.3 is 4.74 Å². The van der Waals surface area contributed by atoms with E-state index in [-0.39, 0.29) is 17.1 Å². The largest absolute Gasteiger partial charge is 0.488 e. The van der Waals surface area contributed by atoms with E-state index in [0.29, 0.717) is 12.4 Å². The number of rotatable bonds is 12. The third kappa shape index (κ3) is 8.38. The number of carbonyl (C=O) groups is 1. The lowest BCUT2D eigenvalue weighted by Crippen LogP contribution is -2.10. The molecule has 4 aromatic carbocycles. The Hall–Kier alpha value is -4.84. The predicted octanol–water partition coefficient (Wildman–Crippen LogP) is 8.45. The Balaban J connectivity index is 1.30. The molecule has 1 aromatic heterocycles. The van der Waals surface area contributed by atoms with Crippen LogP contribution in [0.15, 0.2) is 103 Å². The van der Waals surface area contributed by atoms with Crippen LogP contribution in [0.1, 0.15) is 72.3 Å². The van der Waals surface area contributed by atoms with E-state index in [0.717, 1.165) is 47.3 Å². The van der Waals surface area contributed by atoms with E-state index in [1.165, 1.54) is 16.7 Å². The second kappa shape index (κ2) is 14.1. The van der Waals surface area contributed by atoms with Crippen LogP contribution in [0, 0.1) is 5.92 Å². The van der Waals surface area contributed by atoms with Gasteiger partial charge in [-0.1, -0.05) is 124 Å². The molecule has 5 aromatic rings. The van der Waals surface area contributed by atoms with Crippen LogP contribution in [0.4, 0.5) is 0 Å². The van der Waals surface area contributed by atoms with Crippen molar-refractivity contribution in [3.8, 4) is 17.1 Å². The first-order valence-corrected chi connectivity index (χ1v) is 15.2. The molecule has 224 valence electrons. The number of ether oxygens (including phenoxy) is 1. The van der Waals surface area contributed by atoms with Crippen molar-refractivity contribution >= 4 is 11.9 Å². The number of ketones is 1. The number of carbonyl (C=O) groups excluding carboxylic acids is 1. The maximum atomic E-state index is 11.7. The molecule has 0 aliphatic rings. The number of hydrogen-bond acceptors (Lipinski definition) is 5. The van der Waals surface area contributed by atoms with Crippen LogP contribution >= 0.6 is 0 Å². The third-order valence-electron chi connectivity index (χ3n) is 7.90. The summed E-state index contributed by atoms with van der Waals surface area (Å²) in [7, 11) is 0. The van der Waals surface area contributed by atoms with Crippen molar-refractivity contribution in [1.82, 2.24) is 20.6 Å². The fraction of sp³-hybridized carbons (Fsp3) is 0.263. The highest BCUT2D eigenvalue weighted by Gasteiger charge is 2.13. The molecule has 5 rings (SSSR count). The average molecular weight is 585 g/mol. The summed E-state index contributed by atoms with van der Waals surface area (Å²) < 4.78 is 6.31. The number of nitrogens with zero attached hydrogens (tertiary/aromatic N) is 3. The van der Waals surface area contributed by atoms with Crippen LogP contribution in [0.2, 0.25) is 0 Å². The van der Waals surface area contributed by atoms with E-state index in [1.54, 1.807) is 6.92 Å². The van der Waals surface area contributed by atoms with E-state index in [1.807, 2.05) is 42.5 Å². The maximum Gasteiger partial charge on any atom is 0.204 e. The minimum atomic E-state index is 0.0874. The van der Waals surface area contributed by atoms with E-state index in [4.69, 9.17) is 4.74 Å². The number of benzene rings is 4. The second-order valence-corrected chi connectivity index (χ2v) is 12.3. The zero-order valence-electron chi connectivity index (χ0n) is 26.0. The first-order valence-electron chi connectivity index (χ1n) is 15.2. The first-order chi connectivity index (χ1) is 21.2. The molecular formula is C38H40N4O2. The van der Waals surface area contributed by atoms with Crippen LogP contribution in [0.25, 0.3) is 17.5 Å². The number of H-pyrrole nitrogens is 1. The van der Waals surface area contributed by atoms with Crippen molar-refractivity contribution in [2.75, 3.05) is 0 Å². The van der Waals surface area contributed by atoms with Crippen LogP contribution in [0.3, 0.4) is 0 Å². The van der Waals surface area contributed by atoms with Crippen LogP contribution in [0.5, 0.6) is 5.75 Å². The van der Waals surface area contributed by atoms with Crippen LogP contribution < -0.4 is 4.74 Å². The Kier molecular flexibility index (Phi) is 9.80. The molecule has 0 saturated carbocycles. The third-order valence-corrected chi connectivity index (χ3v) is 7.90. The molecule has 1 unspecified atom stereocenters. The Morgan fingerprint density at radius 2 is 1.55 bits per heavy atom. The quantitative estimate of drug-likeness (QED) is 0.149.